The van der Waals surface area contributed by atoms with Crippen LogP contribution in [0.15, 0.2) is 0 Å². The Morgan fingerprint density at radius 3 is 1.17 bits per heavy atom. The Kier molecular flexibility index (Phi) is 5.07. The molecule has 0 bridgehead atoms. The third kappa shape index (κ3) is 84.4. The van der Waals surface area contributed by atoms with E-state index >= 15 is 0 Å². The van der Waals surface area contributed by atoms with Crippen LogP contribution in [0.1, 0.15) is 20.8 Å². The molecule has 0 atom stereocenters. The van der Waals surface area contributed by atoms with E-state index in [1.807, 2.05) is 20.8 Å². The van der Waals surface area contributed by atoms with Crippen LogP contribution in [0.2, 0.25) is 0 Å². The van der Waals surface area contributed by atoms with Crippen LogP contribution in [0, 0.1) is 0 Å². The zero-order chi connectivity index (χ0) is 4.50. The van der Waals surface area contributed by atoms with Crippen molar-refractivity contribution >= 4 is 0 Å². The molecule has 0 saturated carbocycles. The molecular formula is C4H10NNa. The van der Waals surface area contributed by atoms with Gasteiger partial charge in [0.05, 0.1) is 0 Å². The van der Waals surface area contributed by atoms with Crippen LogP contribution < -0.4 is 29.6 Å². The minimum absolute atomic E-state index is 0. The van der Waals surface area contributed by atoms with Crippen molar-refractivity contribution in [2.24, 2.45) is 0 Å². The van der Waals surface area contributed by atoms with E-state index < -0.39 is 0 Å². The van der Waals surface area contributed by atoms with Crippen molar-refractivity contribution in [2.45, 2.75) is 26.3 Å². The summed E-state index contributed by atoms with van der Waals surface area (Å²) in [6.07, 6.45) is 0. The molecule has 6 heavy (non-hydrogen) atoms. The molecule has 0 aromatic heterocycles. The Bertz CT molecular complexity index is 23.0. The van der Waals surface area contributed by atoms with E-state index in [1.54, 1.807) is 0 Å². The molecule has 0 radical (unpaired) electrons. The van der Waals surface area contributed by atoms with Crippen molar-refractivity contribution in [1.82, 2.24) is 0 Å². The van der Waals surface area contributed by atoms with Crippen LogP contribution >= 0.6 is 0 Å². The minimum atomic E-state index is -0.250. The summed E-state index contributed by atoms with van der Waals surface area (Å²) in [6, 6.07) is 0. The van der Waals surface area contributed by atoms with E-state index in [-0.39, 0.29) is 35.1 Å². The quantitative estimate of drug-likeness (QED) is 0.339. The molecule has 2 heteroatoms. The maximum atomic E-state index is 6.94. The largest absolute Gasteiger partial charge is 1.00 e. The van der Waals surface area contributed by atoms with Gasteiger partial charge in [0.25, 0.3) is 0 Å². The molecule has 0 aromatic rings. The third-order valence-corrected chi connectivity index (χ3v) is 0. The summed E-state index contributed by atoms with van der Waals surface area (Å²) in [6.45, 7) is 5.56. The normalized spacial score (nSPS) is 10.0. The van der Waals surface area contributed by atoms with Crippen molar-refractivity contribution in [3.8, 4) is 0 Å². The number of rotatable bonds is 0. The monoisotopic (exact) mass is 95.1 g/mol. The predicted molar refractivity (Wildman–Crippen MR) is 24.1 cm³/mol. The maximum absolute atomic E-state index is 6.94. The summed E-state index contributed by atoms with van der Waals surface area (Å²) < 4.78 is 0. The Morgan fingerprint density at radius 1 is 1.17 bits per heavy atom. The van der Waals surface area contributed by atoms with Gasteiger partial charge in [-0.2, -0.15) is 0 Å². The van der Waals surface area contributed by atoms with Gasteiger partial charge >= 0.3 is 29.6 Å². The van der Waals surface area contributed by atoms with Gasteiger partial charge in [0.15, 0.2) is 0 Å². The Balaban J connectivity index is 0. The minimum Gasteiger partial charge on any atom is -0.673 e. The zero-order valence-electron chi connectivity index (χ0n) is 5.00. The summed E-state index contributed by atoms with van der Waals surface area (Å²) >= 11 is 0. The second-order valence-corrected chi connectivity index (χ2v) is 2.25. The molecule has 1 N–H and O–H groups in total. The van der Waals surface area contributed by atoms with Crippen LogP contribution in [0.5, 0.6) is 0 Å². The van der Waals surface area contributed by atoms with Gasteiger partial charge in [-0.25, -0.2) is 0 Å². The fourth-order valence-corrected chi connectivity index (χ4v) is 0. The first kappa shape index (κ1) is 10.0. The first-order valence-electron chi connectivity index (χ1n) is 1.75. The van der Waals surface area contributed by atoms with Crippen molar-refractivity contribution in [1.29, 1.82) is 0 Å². The smallest absolute Gasteiger partial charge is 0.673 e. The van der Waals surface area contributed by atoms with Gasteiger partial charge in [0.2, 0.25) is 0 Å². The van der Waals surface area contributed by atoms with Gasteiger partial charge in [-0.15, -0.1) is 5.54 Å². The summed E-state index contributed by atoms with van der Waals surface area (Å²) in [7, 11) is 0. The molecule has 0 amide bonds. The van der Waals surface area contributed by atoms with Crippen molar-refractivity contribution in [3.63, 3.8) is 0 Å². The van der Waals surface area contributed by atoms with Crippen LogP contribution in [-0.2, 0) is 0 Å². The molecule has 0 aliphatic carbocycles. The molecular weight excluding hydrogens is 85.0 g/mol. The Hall–Kier alpha value is 0.960. The van der Waals surface area contributed by atoms with Gasteiger partial charge in [0, 0.05) is 0 Å². The molecule has 0 aliphatic rings. The average molecular weight is 95.1 g/mol. The zero-order valence-corrected chi connectivity index (χ0v) is 7.00. The molecule has 0 rings (SSSR count). The van der Waals surface area contributed by atoms with Gasteiger partial charge in [-0.05, 0) is 0 Å². The molecule has 0 fully saturated rings. The number of hydrogen-bond acceptors (Lipinski definition) is 0. The average Bonchev–Trinajstić information content (AvgIpc) is 0.722. The number of nitrogens with one attached hydrogen (secondary N) is 1. The third-order valence-electron chi connectivity index (χ3n) is 0. The second kappa shape index (κ2) is 3.03. The molecule has 0 aliphatic heterocycles. The van der Waals surface area contributed by atoms with Gasteiger partial charge in [-0.1, -0.05) is 20.8 Å². The summed E-state index contributed by atoms with van der Waals surface area (Å²) in [5, 5.41) is 0. The SMILES string of the molecule is CC(C)(C)[NH-].[Na+]. The predicted octanol–water partition coefficient (Wildman–Crippen LogP) is -1.16. The van der Waals surface area contributed by atoms with Gasteiger partial charge in [-0.3, -0.25) is 0 Å². The maximum Gasteiger partial charge on any atom is 1.00 e. The standard InChI is InChI=1S/C4H10N.Na/c1-4(2,3)5;/h5H,1-3H3;/q-1;+1. The van der Waals surface area contributed by atoms with E-state index in [9.17, 15) is 0 Å². The van der Waals surface area contributed by atoms with E-state index in [4.69, 9.17) is 5.73 Å². The van der Waals surface area contributed by atoms with Gasteiger partial charge < -0.3 is 5.73 Å². The van der Waals surface area contributed by atoms with E-state index in [0.717, 1.165) is 0 Å². The summed E-state index contributed by atoms with van der Waals surface area (Å²) in [5.41, 5.74) is 6.69. The van der Waals surface area contributed by atoms with Crippen molar-refractivity contribution in [3.05, 3.63) is 5.73 Å². The van der Waals surface area contributed by atoms with E-state index in [0.29, 0.717) is 0 Å². The Labute approximate surface area is 61.6 Å². The topological polar surface area (TPSA) is 23.8 Å². The van der Waals surface area contributed by atoms with E-state index in [2.05, 4.69) is 0 Å². The van der Waals surface area contributed by atoms with E-state index in [1.165, 1.54) is 0 Å². The Morgan fingerprint density at radius 2 is 1.17 bits per heavy atom. The van der Waals surface area contributed by atoms with Gasteiger partial charge in [0.1, 0.15) is 0 Å². The fourth-order valence-electron chi connectivity index (χ4n) is 0. The first-order chi connectivity index (χ1) is 2.00. The van der Waals surface area contributed by atoms with Crippen molar-refractivity contribution < 1.29 is 29.6 Å². The molecule has 0 spiro atoms. The molecule has 0 saturated heterocycles. The van der Waals surface area contributed by atoms with Crippen LogP contribution in [0.25, 0.3) is 5.73 Å². The van der Waals surface area contributed by atoms with Crippen LogP contribution in [0.3, 0.4) is 0 Å². The summed E-state index contributed by atoms with van der Waals surface area (Å²) in [5.74, 6) is 0. The first-order valence-corrected chi connectivity index (χ1v) is 1.75. The second-order valence-electron chi connectivity index (χ2n) is 2.25. The molecule has 0 unspecified atom stereocenters. The fraction of sp³-hybridized carbons (Fsp3) is 1.00. The van der Waals surface area contributed by atoms with Crippen LogP contribution in [0.4, 0.5) is 0 Å². The molecule has 0 heterocycles. The number of hydrogen-bond donors (Lipinski definition) is 0. The van der Waals surface area contributed by atoms with Crippen molar-refractivity contribution in [2.75, 3.05) is 0 Å². The van der Waals surface area contributed by atoms with Crippen LogP contribution in [-0.4, -0.2) is 5.54 Å². The molecule has 1 nitrogen and oxygen atoms in total. The molecule has 0 aromatic carbocycles. The molecule has 32 valence electrons. The summed E-state index contributed by atoms with van der Waals surface area (Å²) in [4.78, 5) is 0.